The van der Waals surface area contributed by atoms with E-state index in [1.807, 2.05) is 60.7 Å². The SMILES string of the molecule is O=c1c2ccc(C(F)(F)F)cc2nc2n1CC/C2=C\c1cccc(OCc2ccccc2)c1. The van der Waals surface area contributed by atoms with Gasteiger partial charge in [-0.1, -0.05) is 42.5 Å². The number of hydrogen-bond donors (Lipinski definition) is 0. The number of fused-ring (bicyclic) bond motifs is 2. The molecule has 0 radical (unpaired) electrons. The van der Waals surface area contributed by atoms with Crippen molar-refractivity contribution in [3.8, 4) is 5.75 Å². The van der Waals surface area contributed by atoms with Crippen LogP contribution < -0.4 is 10.3 Å². The molecule has 4 aromatic rings. The first-order valence-electron chi connectivity index (χ1n) is 10.5. The highest BCUT2D eigenvalue weighted by Gasteiger charge is 2.31. The Kier molecular flexibility index (Phi) is 5.24. The molecule has 0 spiro atoms. The average Bonchev–Trinajstić information content (AvgIpc) is 3.20. The molecule has 1 aromatic heterocycles. The van der Waals surface area contributed by atoms with Gasteiger partial charge in [0.2, 0.25) is 0 Å². The van der Waals surface area contributed by atoms with E-state index in [1.165, 1.54) is 10.6 Å². The number of rotatable bonds is 4. The summed E-state index contributed by atoms with van der Waals surface area (Å²) < 4.78 is 46.8. The second-order valence-electron chi connectivity index (χ2n) is 7.89. The van der Waals surface area contributed by atoms with Crippen LogP contribution in [0.5, 0.6) is 5.75 Å². The number of alkyl halides is 3. The largest absolute Gasteiger partial charge is 0.489 e. The van der Waals surface area contributed by atoms with E-state index in [0.717, 1.165) is 28.8 Å². The Morgan fingerprint density at radius 3 is 2.61 bits per heavy atom. The number of hydrogen-bond acceptors (Lipinski definition) is 3. The molecule has 166 valence electrons. The summed E-state index contributed by atoms with van der Waals surface area (Å²) in [6.07, 6.45) is -2.02. The van der Waals surface area contributed by atoms with Gasteiger partial charge in [0.1, 0.15) is 18.2 Å². The highest BCUT2D eigenvalue weighted by atomic mass is 19.4. The highest BCUT2D eigenvalue weighted by Crippen LogP contribution is 2.32. The summed E-state index contributed by atoms with van der Waals surface area (Å²) in [6.45, 7) is 0.877. The zero-order chi connectivity index (χ0) is 23.0. The lowest BCUT2D eigenvalue weighted by Gasteiger charge is -2.10. The van der Waals surface area contributed by atoms with E-state index in [1.54, 1.807) is 0 Å². The Labute approximate surface area is 187 Å². The smallest absolute Gasteiger partial charge is 0.416 e. The minimum absolute atomic E-state index is 0.0498. The third kappa shape index (κ3) is 4.26. The van der Waals surface area contributed by atoms with Gasteiger partial charge in [0, 0.05) is 6.54 Å². The van der Waals surface area contributed by atoms with Crippen LogP contribution in [0.3, 0.4) is 0 Å². The molecule has 0 saturated carbocycles. The molecule has 0 fully saturated rings. The van der Waals surface area contributed by atoms with Crippen molar-refractivity contribution in [1.82, 2.24) is 9.55 Å². The number of benzene rings is 3. The van der Waals surface area contributed by atoms with Crippen molar-refractivity contribution in [3.05, 3.63) is 106 Å². The first-order valence-corrected chi connectivity index (χ1v) is 10.5. The van der Waals surface area contributed by atoms with E-state index in [2.05, 4.69) is 4.98 Å². The van der Waals surface area contributed by atoms with Crippen molar-refractivity contribution in [1.29, 1.82) is 0 Å². The lowest BCUT2D eigenvalue weighted by atomic mass is 10.1. The number of halogens is 3. The Morgan fingerprint density at radius 2 is 1.82 bits per heavy atom. The molecule has 0 amide bonds. The zero-order valence-corrected chi connectivity index (χ0v) is 17.5. The van der Waals surface area contributed by atoms with Crippen LogP contribution in [-0.2, 0) is 19.3 Å². The summed E-state index contributed by atoms with van der Waals surface area (Å²) in [6, 6.07) is 20.4. The van der Waals surface area contributed by atoms with Crippen molar-refractivity contribution in [2.75, 3.05) is 0 Å². The normalized spacial score (nSPS) is 14.6. The maximum atomic E-state index is 13.1. The number of nitrogens with zero attached hydrogens (tertiary/aromatic N) is 2. The molecule has 3 aromatic carbocycles. The van der Waals surface area contributed by atoms with Crippen molar-refractivity contribution >= 4 is 22.6 Å². The van der Waals surface area contributed by atoms with Crippen LogP contribution in [0, 0.1) is 0 Å². The molecule has 2 heterocycles. The van der Waals surface area contributed by atoms with E-state index in [4.69, 9.17) is 4.74 Å². The molecular weight excluding hydrogens is 429 g/mol. The monoisotopic (exact) mass is 448 g/mol. The molecule has 0 bridgehead atoms. The van der Waals surface area contributed by atoms with Crippen LogP contribution in [-0.4, -0.2) is 9.55 Å². The predicted octanol–water partition coefficient (Wildman–Crippen LogP) is 5.94. The van der Waals surface area contributed by atoms with Gasteiger partial charge in [-0.25, -0.2) is 4.98 Å². The summed E-state index contributed by atoms with van der Waals surface area (Å²) >= 11 is 0. The van der Waals surface area contributed by atoms with Gasteiger partial charge in [0.25, 0.3) is 5.56 Å². The Balaban J connectivity index is 1.47. The molecule has 5 rings (SSSR count). The van der Waals surface area contributed by atoms with E-state index in [0.29, 0.717) is 31.1 Å². The fourth-order valence-electron chi connectivity index (χ4n) is 3.97. The van der Waals surface area contributed by atoms with Gasteiger partial charge in [-0.15, -0.1) is 0 Å². The minimum Gasteiger partial charge on any atom is -0.489 e. The molecule has 1 aliphatic heterocycles. The van der Waals surface area contributed by atoms with Crippen molar-refractivity contribution < 1.29 is 17.9 Å². The summed E-state index contributed by atoms with van der Waals surface area (Å²) in [5, 5.41) is 0.185. The number of ether oxygens (including phenoxy) is 1. The second kappa shape index (κ2) is 8.24. The molecule has 0 unspecified atom stereocenters. The lowest BCUT2D eigenvalue weighted by Crippen LogP contribution is -2.21. The Morgan fingerprint density at radius 1 is 1.00 bits per heavy atom. The van der Waals surface area contributed by atoms with Crippen LogP contribution in [0.2, 0.25) is 0 Å². The lowest BCUT2D eigenvalue weighted by molar-refractivity contribution is -0.137. The minimum atomic E-state index is -4.50. The standard InChI is InChI=1S/C26H19F3N2O2/c27-26(28,29)20-9-10-22-23(15-20)30-24-19(11-12-31(24)25(22)32)13-18-7-4-8-21(14-18)33-16-17-5-2-1-3-6-17/h1-10,13-15H,11-12,16H2/b19-13+. The average molecular weight is 448 g/mol. The van der Waals surface area contributed by atoms with Gasteiger partial charge in [-0.05, 0) is 59.5 Å². The first kappa shape index (κ1) is 21.0. The molecule has 7 heteroatoms. The molecule has 0 atom stereocenters. The fourth-order valence-corrected chi connectivity index (χ4v) is 3.97. The topological polar surface area (TPSA) is 44.1 Å². The van der Waals surface area contributed by atoms with E-state index in [9.17, 15) is 18.0 Å². The van der Waals surface area contributed by atoms with E-state index >= 15 is 0 Å². The summed E-state index contributed by atoms with van der Waals surface area (Å²) in [4.78, 5) is 17.3. The molecule has 0 N–H and O–H groups in total. The maximum absolute atomic E-state index is 13.1. The van der Waals surface area contributed by atoms with Gasteiger partial charge >= 0.3 is 6.18 Å². The third-order valence-electron chi connectivity index (χ3n) is 5.62. The Bertz CT molecular complexity index is 1420. The summed E-state index contributed by atoms with van der Waals surface area (Å²) in [5.41, 5.74) is 1.62. The van der Waals surface area contributed by atoms with Gasteiger partial charge in [-0.3, -0.25) is 9.36 Å². The predicted molar refractivity (Wildman–Crippen MR) is 121 cm³/mol. The van der Waals surface area contributed by atoms with Crippen LogP contribution in [0.25, 0.3) is 22.6 Å². The van der Waals surface area contributed by atoms with Crippen molar-refractivity contribution in [3.63, 3.8) is 0 Å². The molecule has 0 aliphatic carbocycles. The fraction of sp³-hybridized carbons (Fsp3) is 0.154. The molecule has 33 heavy (non-hydrogen) atoms. The zero-order valence-electron chi connectivity index (χ0n) is 17.5. The van der Waals surface area contributed by atoms with Gasteiger partial charge in [0.15, 0.2) is 0 Å². The third-order valence-corrected chi connectivity index (χ3v) is 5.62. The quantitative estimate of drug-likeness (QED) is 0.388. The highest BCUT2D eigenvalue weighted by molar-refractivity contribution is 5.85. The molecular formula is C26H19F3N2O2. The molecule has 1 aliphatic rings. The van der Waals surface area contributed by atoms with Crippen molar-refractivity contribution in [2.24, 2.45) is 0 Å². The second-order valence-corrected chi connectivity index (χ2v) is 7.89. The number of aromatic nitrogens is 2. The van der Waals surface area contributed by atoms with E-state index in [-0.39, 0.29) is 16.5 Å². The van der Waals surface area contributed by atoms with Gasteiger partial charge < -0.3 is 4.74 Å². The van der Waals surface area contributed by atoms with Crippen LogP contribution >= 0.6 is 0 Å². The van der Waals surface area contributed by atoms with Crippen LogP contribution in [0.4, 0.5) is 13.2 Å². The van der Waals surface area contributed by atoms with Gasteiger partial charge in [-0.2, -0.15) is 13.2 Å². The maximum Gasteiger partial charge on any atom is 0.416 e. The molecule has 4 nitrogen and oxygen atoms in total. The van der Waals surface area contributed by atoms with Crippen LogP contribution in [0.15, 0.2) is 77.6 Å². The summed E-state index contributed by atoms with van der Waals surface area (Å²) in [5.74, 6) is 1.10. The number of allylic oxidation sites excluding steroid dienone is 1. The first-order chi connectivity index (χ1) is 15.9. The Hall–Kier alpha value is -3.87. The molecule has 0 saturated heterocycles. The van der Waals surface area contributed by atoms with Gasteiger partial charge in [0.05, 0.1) is 16.5 Å². The van der Waals surface area contributed by atoms with Crippen molar-refractivity contribution in [2.45, 2.75) is 25.7 Å². The van der Waals surface area contributed by atoms with Crippen LogP contribution in [0.1, 0.15) is 28.9 Å². The van der Waals surface area contributed by atoms with E-state index < -0.39 is 11.7 Å². The summed E-state index contributed by atoms with van der Waals surface area (Å²) in [7, 11) is 0.